The van der Waals surface area contributed by atoms with Gasteiger partial charge in [-0.3, -0.25) is 9.59 Å². The third-order valence-corrected chi connectivity index (χ3v) is 6.43. The number of H-pyrrole nitrogens is 1. The average Bonchev–Trinajstić information content (AvgIpc) is 3.10. The fourth-order valence-electron chi connectivity index (χ4n) is 4.82. The second-order valence-electron chi connectivity index (χ2n) is 8.53. The molecule has 0 unspecified atom stereocenters. The maximum Gasteiger partial charge on any atom is 0.256 e. The minimum Gasteiger partial charge on any atom is -0.379 e. The van der Waals surface area contributed by atoms with Crippen LogP contribution in [0.4, 0.5) is 17.6 Å². The molecule has 0 spiro atoms. The first kappa shape index (κ1) is 21.6. The van der Waals surface area contributed by atoms with Gasteiger partial charge >= 0.3 is 0 Å². The molecule has 0 saturated heterocycles. The van der Waals surface area contributed by atoms with E-state index in [9.17, 15) is 32.3 Å². The number of ether oxygens (including phenoxy) is 1. The summed E-state index contributed by atoms with van der Waals surface area (Å²) in [6, 6.07) is 2.78. The summed E-state index contributed by atoms with van der Waals surface area (Å²) in [5, 5.41) is 11.2. The van der Waals surface area contributed by atoms with Crippen molar-refractivity contribution in [2.24, 2.45) is 0 Å². The zero-order chi connectivity index (χ0) is 23.7. The van der Waals surface area contributed by atoms with Gasteiger partial charge in [0.25, 0.3) is 11.5 Å². The minimum absolute atomic E-state index is 0.00764. The summed E-state index contributed by atoms with van der Waals surface area (Å²) < 4.78 is 60.6. The second-order valence-corrected chi connectivity index (χ2v) is 8.53. The van der Waals surface area contributed by atoms with Gasteiger partial charge in [0, 0.05) is 31.1 Å². The first-order chi connectivity index (χ1) is 15.6. The van der Waals surface area contributed by atoms with E-state index in [1.165, 1.54) is 11.9 Å². The largest absolute Gasteiger partial charge is 0.379 e. The molecule has 172 valence electrons. The molecule has 2 heterocycles. The number of carbonyl (C=O) groups excluding carboxylic acids is 1. The Kier molecular flexibility index (Phi) is 4.84. The number of hydrogen-bond acceptors (Lipinski definition) is 4. The van der Waals surface area contributed by atoms with Crippen LogP contribution in [0.25, 0.3) is 10.8 Å². The summed E-state index contributed by atoms with van der Waals surface area (Å²) in [6.07, 6.45) is -0.426. The van der Waals surface area contributed by atoms with Crippen molar-refractivity contribution in [3.8, 4) is 0 Å². The molecule has 1 aliphatic carbocycles. The monoisotopic (exact) mass is 462 g/mol. The van der Waals surface area contributed by atoms with Gasteiger partial charge < -0.3 is 19.7 Å². The Morgan fingerprint density at radius 3 is 2.18 bits per heavy atom. The molecule has 0 bridgehead atoms. The number of halogens is 4. The Balaban J connectivity index is 1.55. The van der Waals surface area contributed by atoms with Crippen molar-refractivity contribution in [3.63, 3.8) is 0 Å². The molecule has 10 heteroatoms. The summed E-state index contributed by atoms with van der Waals surface area (Å²) in [5.74, 6) is -5.21. The molecule has 2 aromatic carbocycles. The zero-order valence-electron chi connectivity index (χ0n) is 17.3. The molecule has 1 atom stereocenters. The lowest BCUT2D eigenvalue weighted by Gasteiger charge is -2.37. The van der Waals surface area contributed by atoms with Gasteiger partial charge in [0.2, 0.25) is 0 Å². The molecule has 0 fully saturated rings. The van der Waals surface area contributed by atoms with Gasteiger partial charge in [-0.1, -0.05) is 0 Å². The van der Waals surface area contributed by atoms with Crippen LogP contribution in [0.1, 0.15) is 28.4 Å². The molecular weight excluding hydrogens is 444 g/mol. The quantitative estimate of drug-likeness (QED) is 0.574. The fourth-order valence-corrected chi connectivity index (χ4v) is 4.82. The smallest absolute Gasteiger partial charge is 0.256 e. The number of hydrogen-bond donors (Lipinski definition) is 2. The molecule has 6 nitrogen and oxygen atoms in total. The van der Waals surface area contributed by atoms with E-state index in [-0.39, 0.29) is 36.8 Å². The molecule has 0 saturated carbocycles. The second kappa shape index (κ2) is 7.39. The molecule has 1 aromatic heterocycles. The van der Waals surface area contributed by atoms with Crippen LogP contribution in [0.5, 0.6) is 0 Å². The topological polar surface area (TPSA) is 82.6 Å². The van der Waals surface area contributed by atoms with E-state index in [0.717, 1.165) is 24.3 Å². The van der Waals surface area contributed by atoms with Gasteiger partial charge in [0.15, 0.2) is 28.9 Å². The first-order valence-corrected chi connectivity index (χ1v) is 10.2. The molecule has 1 aliphatic heterocycles. The van der Waals surface area contributed by atoms with Crippen LogP contribution < -0.4 is 5.56 Å². The van der Waals surface area contributed by atoms with Crippen molar-refractivity contribution in [3.05, 3.63) is 80.3 Å². The summed E-state index contributed by atoms with van der Waals surface area (Å²) in [7, 11) is 1.41. The third-order valence-electron chi connectivity index (χ3n) is 6.43. The number of amides is 1. The van der Waals surface area contributed by atoms with Crippen LogP contribution in [-0.2, 0) is 29.0 Å². The summed E-state index contributed by atoms with van der Waals surface area (Å²) in [4.78, 5) is 29.5. The Morgan fingerprint density at radius 1 is 1.03 bits per heavy atom. The van der Waals surface area contributed by atoms with Gasteiger partial charge in [-0.2, -0.15) is 0 Å². The van der Waals surface area contributed by atoms with Crippen molar-refractivity contribution in [1.82, 2.24) is 9.88 Å². The highest BCUT2D eigenvalue weighted by atomic mass is 19.2. The number of fused-ring (bicyclic) bond motifs is 4. The zero-order valence-corrected chi connectivity index (χ0v) is 17.3. The number of carbonyl (C=O) groups is 1. The van der Waals surface area contributed by atoms with Crippen LogP contribution in [0.3, 0.4) is 0 Å². The summed E-state index contributed by atoms with van der Waals surface area (Å²) in [5.41, 5.74) is -1.25. The molecule has 5 rings (SSSR count). The Morgan fingerprint density at radius 2 is 1.58 bits per heavy atom. The average molecular weight is 462 g/mol. The van der Waals surface area contributed by atoms with Crippen LogP contribution in [0, 0.1) is 23.3 Å². The van der Waals surface area contributed by atoms with E-state index in [1.54, 1.807) is 0 Å². The van der Waals surface area contributed by atoms with Crippen LogP contribution in [0.15, 0.2) is 29.1 Å². The van der Waals surface area contributed by atoms with Crippen molar-refractivity contribution < 1.29 is 32.2 Å². The number of aromatic nitrogens is 1. The predicted molar refractivity (Wildman–Crippen MR) is 108 cm³/mol. The van der Waals surface area contributed by atoms with Gasteiger partial charge in [-0.25, -0.2) is 17.6 Å². The van der Waals surface area contributed by atoms with Gasteiger partial charge in [-0.05, 0) is 40.8 Å². The number of aromatic amines is 1. The molecule has 2 N–H and O–H groups in total. The number of likely N-dealkylation sites (N-methyl/N-ethyl adjacent to an activating group) is 1. The van der Waals surface area contributed by atoms with Crippen molar-refractivity contribution >= 4 is 16.7 Å². The van der Waals surface area contributed by atoms with E-state index in [2.05, 4.69) is 4.98 Å². The van der Waals surface area contributed by atoms with Gasteiger partial charge in [0.05, 0.1) is 24.6 Å². The lowest BCUT2D eigenvalue weighted by Crippen LogP contribution is -2.51. The van der Waals surface area contributed by atoms with E-state index >= 15 is 0 Å². The van der Waals surface area contributed by atoms with E-state index in [0.29, 0.717) is 22.4 Å². The van der Waals surface area contributed by atoms with E-state index in [1.807, 2.05) is 0 Å². The maximum absolute atomic E-state index is 14.1. The Hall–Kier alpha value is -3.24. The van der Waals surface area contributed by atoms with Crippen molar-refractivity contribution in [2.45, 2.75) is 31.1 Å². The number of rotatable bonds is 2. The number of benzene rings is 2. The maximum atomic E-state index is 14.1. The predicted octanol–water partition coefficient (Wildman–Crippen LogP) is 2.64. The van der Waals surface area contributed by atoms with Crippen LogP contribution >= 0.6 is 0 Å². The standard InChI is InChI=1S/C23H18F4N2O4/c1-29(22(31)23(32)6-10-2-14(24)15(25)3-11(10)7-23)19-9-33-8-18-20(19)12-4-16(26)17(27)5-13(12)21(30)28-18/h2-5,19,32H,6-9H2,1H3,(H,28,30)/t19-/m0/s1. The third kappa shape index (κ3) is 3.32. The van der Waals surface area contributed by atoms with Crippen LogP contribution in [-0.4, -0.2) is 40.2 Å². The van der Waals surface area contributed by atoms with Crippen LogP contribution in [0.2, 0.25) is 0 Å². The highest BCUT2D eigenvalue weighted by Crippen LogP contribution is 2.38. The molecule has 33 heavy (non-hydrogen) atoms. The van der Waals surface area contributed by atoms with Gasteiger partial charge in [0.1, 0.15) is 0 Å². The minimum atomic E-state index is -1.95. The van der Waals surface area contributed by atoms with Gasteiger partial charge in [-0.15, -0.1) is 0 Å². The first-order valence-electron chi connectivity index (χ1n) is 10.2. The highest BCUT2D eigenvalue weighted by Gasteiger charge is 2.46. The lowest BCUT2D eigenvalue weighted by molar-refractivity contribution is -0.153. The Bertz CT molecular complexity index is 1360. The summed E-state index contributed by atoms with van der Waals surface area (Å²) >= 11 is 0. The van der Waals surface area contributed by atoms with Crippen molar-refractivity contribution in [2.75, 3.05) is 13.7 Å². The fraction of sp³-hybridized carbons (Fsp3) is 0.304. The lowest BCUT2D eigenvalue weighted by atomic mass is 9.92. The van der Waals surface area contributed by atoms with Crippen molar-refractivity contribution in [1.29, 1.82) is 0 Å². The molecule has 3 aromatic rings. The number of pyridine rings is 1. The highest BCUT2D eigenvalue weighted by molar-refractivity contribution is 5.90. The molecule has 0 radical (unpaired) electrons. The summed E-state index contributed by atoms with van der Waals surface area (Å²) in [6.45, 7) is -0.0338. The normalized spacial score (nSPS) is 18.8. The SMILES string of the molecule is CN(C(=O)C1(O)Cc2cc(F)c(F)cc2C1)[C@H]1COCc2[nH]c(=O)c3cc(F)c(F)cc3c21. The Labute approximate surface area is 184 Å². The number of nitrogens with one attached hydrogen (secondary N) is 1. The van der Waals surface area contributed by atoms with E-state index < -0.39 is 46.4 Å². The number of nitrogens with zero attached hydrogens (tertiary/aromatic N) is 1. The molecular formula is C23H18F4N2O4. The molecule has 1 amide bonds. The van der Waals surface area contributed by atoms with E-state index in [4.69, 9.17) is 4.74 Å². The molecule has 2 aliphatic rings. The number of aliphatic hydroxyl groups is 1.